The maximum atomic E-state index is 10.7. The molecule has 0 aromatic heterocycles. The minimum Gasteiger partial charge on any atom is -0.480 e. The van der Waals surface area contributed by atoms with Gasteiger partial charge in [0.15, 0.2) is 0 Å². The Bertz CT molecular complexity index is 325. The van der Waals surface area contributed by atoms with E-state index in [4.69, 9.17) is 21.1 Å². The standard InChI is InChI=1S/C8H18N2O2.C4H4O4/c1-10(2)7(8(11)12)5-3-4-6-9;5-3(6)1-2-4(7)8/h7H,3-6,9H2,1-2H3,(H,11,12);1-2H,(H,5,6)(H,7,8)/b;2-1-/t7-;/m0./s1. The number of nitrogens with zero attached hydrogens (tertiary/aromatic N) is 1. The van der Waals surface area contributed by atoms with Crippen molar-refractivity contribution >= 4 is 17.9 Å². The molecular formula is C12H22N2O6. The van der Waals surface area contributed by atoms with Crippen LogP contribution >= 0.6 is 0 Å². The molecule has 0 aromatic carbocycles. The molecule has 0 rings (SSSR count). The number of nitrogens with two attached hydrogens (primary N) is 1. The Balaban J connectivity index is 0. The van der Waals surface area contributed by atoms with Crippen LogP contribution in [0.2, 0.25) is 0 Å². The second kappa shape index (κ2) is 12.1. The predicted molar refractivity (Wildman–Crippen MR) is 72.4 cm³/mol. The van der Waals surface area contributed by atoms with Gasteiger partial charge in [0, 0.05) is 12.2 Å². The fourth-order valence-corrected chi connectivity index (χ4v) is 1.23. The van der Waals surface area contributed by atoms with Gasteiger partial charge < -0.3 is 21.1 Å². The summed E-state index contributed by atoms with van der Waals surface area (Å²) in [6, 6.07) is -0.364. The molecule has 0 aliphatic rings. The van der Waals surface area contributed by atoms with Gasteiger partial charge >= 0.3 is 17.9 Å². The minimum absolute atomic E-state index is 0.364. The average molecular weight is 290 g/mol. The molecule has 0 saturated carbocycles. The highest BCUT2D eigenvalue weighted by Gasteiger charge is 2.18. The van der Waals surface area contributed by atoms with E-state index < -0.39 is 17.9 Å². The third-order valence-corrected chi connectivity index (χ3v) is 2.21. The number of hydrogen-bond acceptors (Lipinski definition) is 5. The molecule has 20 heavy (non-hydrogen) atoms. The van der Waals surface area contributed by atoms with Crippen molar-refractivity contribution in [2.45, 2.75) is 25.3 Å². The van der Waals surface area contributed by atoms with Crippen molar-refractivity contribution in [3.8, 4) is 0 Å². The molecule has 0 amide bonds. The number of carboxylic acid groups (broad SMARTS) is 3. The number of aliphatic carboxylic acids is 3. The first-order valence-electron chi connectivity index (χ1n) is 5.95. The summed E-state index contributed by atoms with van der Waals surface area (Å²) in [6.07, 6.45) is 3.58. The first-order chi connectivity index (χ1) is 9.22. The summed E-state index contributed by atoms with van der Waals surface area (Å²) in [7, 11) is 3.56. The highest BCUT2D eigenvalue weighted by atomic mass is 16.4. The molecule has 0 saturated heterocycles. The lowest BCUT2D eigenvalue weighted by molar-refractivity contribution is -0.142. The van der Waals surface area contributed by atoms with Crippen LogP contribution in [0.3, 0.4) is 0 Å². The van der Waals surface area contributed by atoms with Gasteiger partial charge in [0.25, 0.3) is 0 Å². The number of carboxylic acids is 3. The van der Waals surface area contributed by atoms with Gasteiger partial charge in [0.2, 0.25) is 0 Å². The van der Waals surface area contributed by atoms with Crippen LogP contribution in [0, 0.1) is 0 Å². The van der Waals surface area contributed by atoms with E-state index in [2.05, 4.69) is 0 Å². The van der Waals surface area contributed by atoms with Gasteiger partial charge in [-0.1, -0.05) is 6.42 Å². The van der Waals surface area contributed by atoms with Crippen molar-refractivity contribution in [1.82, 2.24) is 4.90 Å². The number of likely N-dealkylation sites (N-methyl/N-ethyl adjacent to an activating group) is 1. The van der Waals surface area contributed by atoms with Gasteiger partial charge in [-0.05, 0) is 33.5 Å². The zero-order valence-corrected chi connectivity index (χ0v) is 11.7. The smallest absolute Gasteiger partial charge is 0.328 e. The zero-order chi connectivity index (χ0) is 16.1. The van der Waals surface area contributed by atoms with E-state index in [-0.39, 0.29) is 6.04 Å². The van der Waals surface area contributed by atoms with E-state index in [0.717, 1.165) is 12.8 Å². The van der Waals surface area contributed by atoms with Crippen molar-refractivity contribution in [2.24, 2.45) is 5.73 Å². The van der Waals surface area contributed by atoms with Crippen LogP contribution in [0.15, 0.2) is 12.2 Å². The van der Waals surface area contributed by atoms with Crippen molar-refractivity contribution in [3.05, 3.63) is 12.2 Å². The Morgan fingerprint density at radius 2 is 1.50 bits per heavy atom. The van der Waals surface area contributed by atoms with Gasteiger partial charge in [-0.3, -0.25) is 9.69 Å². The topological polar surface area (TPSA) is 141 Å². The number of unbranched alkanes of at least 4 members (excludes halogenated alkanes) is 1. The molecule has 116 valence electrons. The molecule has 0 unspecified atom stereocenters. The van der Waals surface area contributed by atoms with Gasteiger partial charge in [-0.25, -0.2) is 9.59 Å². The van der Waals surface area contributed by atoms with Crippen LogP contribution in [-0.4, -0.2) is 64.8 Å². The SMILES string of the molecule is CN(C)[C@@H](CCCCN)C(=O)O.O=C(O)/C=C\C(=O)O. The molecule has 0 aromatic rings. The number of rotatable bonds is 8. The van der Waals surface area contributed by atoms with Crippen LogP contribution in [0.25, 0.3) is 0 Å². The first-order valence-corrected chi connectivity index (χ1v) is 5.95. The van der Waals surface area contributed by atoms with Crippen LogP contribution in [0.5, 0.6) is 0 Å². The second-order valence-electron chi connectivity index (χ2n) is 4.11. The molecule has 0 fully saturated rings. The Kier molecular flexibility index (Phi) is 12.4. The normalized spacial score (nSPS) is 11.8. The Hall–Kier alpha value is -1.93. The first kappa shape index (κ1) is 20.4. The van der Waals surface area contributed by atoms with Crippen LogP contribution in [0.4, 0.5) is 0 Å². The van der Waals surface area contributed by atoms with E-state index in [1.807, 2.05) is 0 Å². The molecule has 0 spiro atoms. The third kappa shape index (κ3) is 14.1. The molecule has 5 N–H and O–H groups in total. The largest absolute Gasteiger partial charge is 0.480 e. The summed E-state index contributed by atoms with van der Waals surface area (Å²) in [5.41, 5.74) is 5.31. The fraction of sp³-hybridized carbons (Fsp3) is 0.583. The number of carbonyl (C=O) groups is 3. The molecular weight excluding hydrogens is 268 g/mol. The second-order valence-corrected chi connectivity index (χ2v) is 4.11. The zero-order valence-electron chi connectivity index (χ0n) is 11.7. The van der Waals surface area contributed by atoms with Crippen molar-refractivity contribution in [3.63, 3.8) is 0 Å². The Labute approximate surface area is 117 Å². The van der Waals surface area contributed by atoms with Crippen LogP contribution in [0.1, 0.15) is 19.3 Å². The van der Waals surface area contributed by atoms with Gasteiger partial charge in [-0.15, -0.1) is 0 Å². The predicted octanol–water partition coefficient (Wildman–Crippen LogP) is -0.158. The third-order valence-electron chi connectivity index (χ3n) is 2.21. The van der Waals surface area contributed by atoms with Crippen molar-refractivity contribution in [1.29, 1.82) is 0 Å². The summed E-state index contributed by atoms with van der Waals surface area (Å²) in [5.74, 6) is -3.27. The summed E-state index contributed by atoms with van der Waals surface area (Å²) < 4.78 is 0. The lowest BCUT2D eigenvalue weighted by Gasteiger charge is -2.19. The highest BCUT2D eigenvalue weighted by Crippen LogP contribution is 2.05. The maximum Gasteiger partial charge on any atom is 0.328 e. The quantitative estimate of drug-likeness (QED) is 0.357. The lowest BCUT2D eigenvalue weighted by atomic mass is 10.1. The molecule has 1 atom stereocenters. The molecule has 8 heteroatoms. The van der Waals surface area contributed by atoms with Crippen molar-refractivity contribution < 1.29 is 29.7 Å². The summed E-state index contributed by atoms with van der Waals surface area (Å²) in [4.78, 5) is 31.5. The monoisotopic (exact) mass is 290 g/mol. The lowest BCUT2D eigenvalue weighted by Crippen LogP contribution is -2.35. The Morgan fingerprint density at radius 1 is 1.05 bits per heavy atom. The maximum absolute atomic E-state index is 10.7. The van der Waals surface area contributed by atoms with Gasteiger partial charge in [-0.2, -0.15) is 0 Å². The van der Waals surface area contributed by atoms with E-state index in [1.54, 1.807) is 19.0 Å². The van der Waals surface area contributed by atoms with E-state index in [9.17, 15) is 14.4 Å². The van der Waals surface area contributed by atoms with Gasteiger partial charge in [0.05, 0.1) is 0 Å². The molecule has 0 radical (unpaired) electrons. The van der Waals surface area contributed by atoms with E-state index in [0.29, 0.717) is 25.1 Å². The van der Waals surface area contributed by atoms with Crippen molar-refractivity contribution in [2.75, 3.05) is 20.6 Å². The molecule has 0 aliphatic carbocycles. The molecule has 0 aliphatic heterocycles. The summed E-state index contributed by atoms with van der Waals surface area (Å²) in [6.45, 7) is 0.639. The van der Waals surface area contributed by atoms with Gasteiger partial charge in [0.1, 0.15) is 6.04 Å². The molecule has 0 heterocycles. The van der Waals surface area contributed by atoms with Crippen LogP contribution < -0.4 is 5.73 Å². The molecule has 0 bridgehead atoms. The fourth-order valence-electron chi connectivity index (χ4n) is 1.23. The minimum atomic E-state index is -1.26. The van der Waals surface area contributed by atoms with Crippen LogP contribution in [-0.2, 0) is 14.4 Å². The van der Waals surface area contributed by atoms with E-state index >= 15 is 0 Å². The number of hydrogen-bond donors (Lipinski definition) is 4. The summed E-state index contributed by atoms with van der Waals surface area (Å²) >= 11 is 0. The Morgan fingerprint density at radius 3 is 1.75 bits per heavy atom. The highest BCUT2D eigenvalue weighted by molar-refractivity contribution is 5.89. The molecule has 8 nitrogen and oxygen atoms in total. The summed E-state index contributed by atoms with van der Waals surface area (Å²) in [5, 5.41) is 24.4. The van der Waals surface area contributed by atoms with E-state index in [1.165, 1.54) is 0 Å². The average Bonchev–Trinajstić information content (AvgIpc) is 2.32.